The summed E-state index contributed by atoms with van der Waals surface area (Å²) in [5.41, 5.74) is 2.42. The van der Waals surface area contributed by atoms with Gasteiger partial charge in [0.05, 0.1) is 17.6 Å². The minimum Gasteiger partial charge on any atom is -0.462 e. The number of aromatic nitrogens is 3. The van der Waals surface area contributed by atoms with Crippen molar-refractivity contribution in [1.82, 2.24) is 14.7 Å². The number of ether oxygens (including phenoxy) is 1. The van der Waals surface area contributed by atoms with Gasteiger partial charge in [-0.15, -0.1) is 4.73 Å². The van der Waals surface area contributed by atoms with Crippen LogP contribution in [0.15, 0.2) is 71.7 Å². The maximum atomic E-state index is 12.1. The highest BCUT2D eigenvalue weighted by Crippen LogP contribution is 2.29. The number of carbonyl (C=O) groups excluding carboxylic acids is 1. The Labute approximate surface area is 178 Å². The van der Waals surface area contributed by atoms with Crippen molar-refractivity contribution in [2.75, 3.05) is 18.6 Å². The molecule has 0 unspecified atom stereocenters. The van der Waals surface area contributed by atoms with Gasteiger partial charge in [-0.05, 0) is 54.4 Å². The lowest BCUT2D eigenvalue weighted by atomic mass is 10.0. The van der Waals surface area contributed by atoms with Crippen molar-refractivity contribution < 1.29 is 14.7 Å². The summed E-state index contributed by atoms with van der Waals surface area (Å²) in [7, 11) is 1.78. The van der Waals surface area contributed by atoms with Crippen LogP contribution in [-0.4, -0.2) is 39.5 Å². The third-order valence-electron chi connectivity index (χ3n) is 4.89. The van der Waals surface area contributed by atoms with E-state index in [0.29, 0.717) is 28.1 Å². The fourth-order valence-electron chi connectivity index (χ4n) is 3.32. The lowest BCUT2D eigenvalue weighted by Gasteiger charge is -2.20. The molecule has 2 aromatic heterocycles. The fourth-order valence-corrected chi connectivity index (χ4v) is 3.32. The molecule has 2 heterocycles. The molecule has 0 fully saturated rings. The molecular weight excluding hydrogens is 396 g/mol. The third-order valence-corrected chi connectivity index (χ3v) is 4.89. The van der Waals surface area contributed by atoms with Gasteiger partial charge in [0.2, 0.25) is 0 Å². The van der Waals surface area contributed by atoms with Gasteiger partial charge >= 0.3 is 11.7 Å². The molecule has 0 aliphatic carbocycles. The second-order valence-corrected chi connectivity index (χ2v) is 6.81. The zero-order chi connectivity index (χ0) is 22.0. The predicted octanol–water partition coefficient (Wildman–Crippen LogP) is 3.64. The zero-order valence-electron chi connectivity index (χ0n) is 17.0. The average molecular weight is 416 g/mol. The van der Waals surface area contributed by atoms with Crippen molar-refractivity contribution in [3.63, 3.8) is 0 Å². The van der Waals surface area contributed by atoms with Gasteiger partial charge in [0.25, 0.3) is 0 Å². The molecule has 31 heavy (non-hydrogen) atoms. The Morgan fingerprint density at radius 2 is 1.87 bits per heavy atom. The molecule has 0 bridgehead atoms. The first-order chi connectivity index (χ1) is 15.0. The highest BCUT2D eigenvalue weighted by Gasteiger charge is 2.15. The molecule has 0 spiro atoms. The molecule has 2 aromatic carbocycles. The number of carbonyl (C=O) groups is 1. The van der Waals surface area contributed by atoms with E-state index in [1.807, 2.05) is 36.4 Å². The van der Waals surface area contributed by atoms with Crippen LogP contribution in [0.3, 0.4) is 0 Å². The van der Waals surface area contributed by atoms with Gasteiger partial charge in [0.1, 0.15) is 5.82 Å². The van der Waals surface area contributed by atoms with Gasteiger partial charge in [-0.25, -0.2) is 14.6 Å². The Morgan fingerprint density at radius 3 is 2.61 bits per heavy atom. The van der Waals surface area contributed by atoms with Gasteiger partial charge in [0, 0.05) is 18.9 Å². The van der Waals surface area contributed by atoms with Crippen LogP contribution in [0.2, 0.25) is 0 Å². The molecule has 0 aliphatic rings. The van der Waals surface area contributed by atoms with Crippen molar-refractivity contribution in [2.45, 2.75) is 6.92 Å². The Kier molecular flexibility index (Phi) is 5.36. The Balaban J connectivity index is 1.68. The summed E-state index contributed by atoms with van der Waals surface area (Å²) in [6.07, 6.45) is 1.50. The van der Waals surface area contributed by atoms with E-state index in [1.54, 1.807) is 43.1 Å². The summed E-state index contributed by atoms with van der Waals surface area (Å²) in [5, 5.41) is 10.5. The van der Waals surface area contributed by atoms with E-state index in [9.17, 15) is 14.8 Å². The van der Waals surface area contributed by atoms with Crippen molar-refractivity contribution in [3.05, 3.63) is 82.9 Å². The summed E-state index contributed by atoms with van der Waals surface area (Å²) in [6.45, 7) is 2.09. The zero-order valence-corrected chi connectivity index (χ0v) is 17.0. The standard InChI is InChI=1S/C23H20N4O4/c1-3-31-22(28)17-7-4-6-16(14-17)15-9-11-18(12-10-15)26(2)21-19-8-5-13-24-20(19)27(30)23(29)25-21/h4-14,30H,3H2,1-2H3. The molecule has 0 amide bonds. The number of rotatable bonds is 5. The van der Waals surface area contributed by atoms with Crippen LogP contribution in [0.5, 0.6) is 0 Å². The van der Waals surface area contributed by atoms with Gasteiger partial charge in [0.15, 0.2) is 5.65 Å². The Hall–Kier alpha value is -4.20. The van der Waals surface area contributed by atoms with E-state index in [-0.39, 0.29) is 11.6 Å². The number of esters is 1. The second kappa shape index (κ2) is 8.27. The van der Waals surface area contributed by atoms with E-state index in [2.05, 4.69) is 9.97 Å². The summed E-state index contributed by atoms with van der Waals surface area (Å²) in [5.74, 6) is 0.0290. The lowest BCUT2D eigenvalue weighted by molar-refractivity contribution is 0.0526. The van der Waals surface area contributed by atoms with Crippen LogP contribution in [-0.2, 0) is 4.74 Å². The lowest BCUT2D eigenvalue weighted by Crippen LogP contribution is -2.25. The molecule has 4 aromatic rings. The topological polar surface area (TPSA) is 97.6 Å². The van der Waals surface area contributed by atoms with Crippen molar-refractivity contribution in [1.29, 1.82) is 0 Å². The number of hydrogen-bond donors (Lipinski definition) is 1. The van der Waals surface area contributed by atoms with Crippen LogP contribution >= 0.6 is 0 Å². The van der Waals surface area contributed by atoms with Gasteiger partial charge in [-0.3, -0.25) is 0 Å². The van der Waals surface area contributed by atoms with Gasteiger partial charge in [-0.1, -0.05) is 24.3 Å². The van der Waals surface area contributed by atoms with Crippen LogP contribution < -0.4 is 10.6 Å². The summed E-state index contributed by atoms with van der Waals surface area (Å²) in [6, 6.07) is 18.3. The number of nitrogens with zero attached hydrogens (tertiary/aromatic N) is 4. The molecular formula is C23H20N4O4. The molecule has 1 N–H and O–H groups in total. The SMILES string of the molecule is CCOC(=O)c1cccc(-c2ccc(N(C)c3nc(=O)n(O)c4ncccc34)cc2)c1. The van der Waals surface area contributed by atoms with E-state index in [0.717, 1.165) is 16.8 Å². The highest BCUT2D eigenvalue weighted by atomic mass is 16.5. The summed E-state index contributed by atoms with van der Waals surface area (Å²) < 4.78 is 5.51. The number of fused-ring (bicyclic) bond motifs is 1. The van der Waals surface area contributed by atoms with E-state index < -0.39 is 5.69 Å². The molecule has 4 rings (SSSR count). The minimum absolute atomic E-state index is 0.136. The second-order valence-electron chi connectivity index (χ2n) is 6.81. The molecule has 0 aliphatic heterocycles. The normalized spacial score (nSPS) is 10.8. The highest BCUT2D eigenvalue weighted by molar-refractivity contribution is 5.91. The molecule has 8 heteroatoms. The van der Waals surface area contributed by atoms with E-state index >= 15 is 0 Å². The van der Waals surface area contributed by atoms with Crippen LogP contribution in [0.1, 0.15) is 17.3 Å². The van der Waals surface area contributed by atoms with Crippen molar-refractivity contribution >= 4 is 28.5 Å². The first-order valence-electron chi connectivity index (χ1n) is 9.68. The maximum Gasteiger partial charge on any atom is 0.384 e. The smallest absolute Gasteiger partial charge is 0.384 e. The number of hydrogen-bond acceptors (Lipinski definition) is 7. The Bertz CT molecular complexity index is 1320. The molecule has 0 radical (unpaired) electrons. The number of anilines is 2. The molecule has 0 atom stereocenters. The average Bonchev–Trinajstić information content (AvgIpc) is 2.81. The molecule has 0 saturated carbocycles. The minimum atomic E-state index is -0.805. The molecule has 0 saturated heterocycles. The van der Waals surface area contributed by atoms with E-state index in [4.69, 9.17) is 4.74 Å². The Morgan fingerprint density at radius 1 is 1.10 bits per heavy atom. The van der Waals surface area contributed by atoms with Crippen LogP contribution in [0.4, 0.5) is 11.5 Å². The largest absolute Gasteiger partial charge is 0.462 e. The van der Waals surface area contributed by atoms with E-state index in [1.165, 1.54) is 6.20 Å². The number of benzene rings is 2. The molecule has 156 valence electrons. The summed E-state index contributed by atoms with van der Waals surface area (Å²) >= 11 is 0. The third kappa shape index (κ3) is 3.83. The van der Waals surface area contributed by atoms with Crippen LogP contribution in [0.25, 0.3) is 22.2 Å². The van der Waals surface area contributed by atoms with Gasteiger partial charge < -0.3 is 14.8 Å². The number of pyridine rings is 1. The van der Waals surface area contributed by atoms with Crippen molar-refractivity contribution in [2.24, 2.45) is 0 Å². The fraction of sp³-hybridized carbons (Fsp3) is 0.130. The first kappa shape index (κ1) is 20.1. The molecule has 8 nitrogen and oxygen atoms in total. The quantitative estimate of drug-likeness (QED) is 0.392. The monoisotopic (exact) mass is 416 g/mol. The summed E-state index contributed by atoms with van der Waals surface area (Å²) in [4.78, 5) is 33.9. The van der Waals surface area contributed by atoms with Gasteiger partial charge in [-0.2, -0.15) is 4.98 Å². The first-order valence-corrected chi connectivity index (χ1v) is 9.68. The maximum absolute atomic E-state index is 12.1. The van der Waals surface area contributed by atoms with Crippen LogP contribution in [0, 0.1) is 0 Å². The van der Waals surface area contributed by atoms with Crippen molar-refractivity contribution in [3.8, 4) is 11.1 Å². The predicted molar refractivity (Wildman–Crippen MR) is 117 cm³/mol.